The van der Waals surface area contributed by atoms with Gasteiger partial charge in [-0.15, -0.1) is 0 Å². The molecule has 0 aromatic carbocycles. The Bertz CT molecular complexity index is 742. The van der Waals surface area contributed by atoms with E-state index in [1.807, 2.05) is 4.98 Å². The Morgan fingerprint density at radius 3 is 2.72 bits per heavy atom. The van der Waals surface area contributed by atoms with E-state index < -0.39 is 26.2 Å². The molecule has 0 aliphatic carbocycles. The first kappa shape index (κ1) is 12.3. The standard InChI is InChI=1S/C8H9N5O4S/c14-7-6(4-9-8(15)12-7)18(16,17)11-3-5-1-2-10-13-5/h1-2,4,11H,3H2,(H,10,13)(H2,9,12,14,15). The van der Waals surface area contributed by atoms with E-state index in [-0.39, 0.29) is 6.54 Å². The second-order valence-corrected chi connectivity index (χ2v) is 5.08. The zero-order chi connectivity index (χ0) is 13.2. The van der Waals surface area contributed by atoms with Crippen LogP contribution in [0.1, 0.15) is 5.69 Å². The van der Waals surface area contributed by atoms with E-state index in [1.165, 1.54) is 6.20 Å². The van der Waals surface area contributed by atoms with Crippen LogP contribution in [0.25, 0.3) is 0 Å². The molecule has 2 rings (SSSR count). The van der Waals surface area contributed by atoms with Gasteiger partial charge in [-0.25, -0.2) is 17.9 Å². The van der Waals surface area contributed by atoms with Gasteiger partial charge < -0.3 is 4.98 Å². The van der Waals surface area contributed by atoms with Crippen molar-refractivity contribution in [3.05, 3.63) is 45.0 Å². The molecular formula is C8H9N5O4S. The summed E-state index contributed by atoms with van der Waals surface area (Å²) in [5.74, 6) is 0. The van der Waals surface area contributed by atoms with Gasteiger partial charge in [0.2, 0.25) is 10.0 Å². The third-order valence-corrected chi connectivity index (χ3v) is 3.49. The summed E-state index contributed by atoms with van der Waals surface area (Å²) in [6, 6.07) is 1.58. The van der Waals surface area contributed by atoms with E-state index in [2.05, 4.69) is 19.9 Å². The van der Waals surface area contributed by atoms with Crippen LogP contribution in [0.15, 0.2) is 32.9 Å². The zero-order valence-corrected chi connectivity index (χ0v) is 9.74. The van der Waals surface area contributed by atoms with E-state index in [0.29, 0.717) is 5.69 Å². The monoisotopic (exact) mass is 271 g/mol. The van der Waals surface area contributed by atoms with Crippen molar-refractivity contribution in [2.24, 2.45) is 0 Å². The molecule has 2 heterocycles. The van der Waals surface area contributed by atoms with Crippen LogP contribution in [0.3, 0.4) is 0 Å². The molecule has 0 aliphatic heterocycles. The molecule has 0 bridgehead atoms. The molecular weight excluding hydrogens is 262 g/mol. The molecule has 2 aromatic rings. The van der Waals surface area contributed by atoms with Gasteiger partial charge >= 0.3 is 5.69 Å². The maximum Gasteiger partial charge on any atom is 0.325 e. The summed E-state index contributed by atoms with van der Waals surface area (Å²) in [5.41, 5.74) is -1.21. The van der Waals surface area contributed by atoms with Crippen LogP contribution in [0.4, 0.5) is 0 Å². The SMILES string of the molecule is O=c1[nH]cc(S(=O)(=O)NCc2ccn[nH]2)c(=O)[nH]1. The summed E-state index contributed by atoms with van der Waals surface area (Å²) in [4.78, 5) is 25.5. The highest BCUT2D eigenvalue weighted by atomic mass is 32.2. The highest BCUT2D eigenvalue weighted by Crippen LogP contribution is 2.00. The Balaban J connectivity index is 2.26. The van der Waals surface area contributed by atoms with Gasteiger partial charge in [0.25, 0.3) is 5.56 Å². The number of aromatic nitrogens is 4. The van der Waals surface area contributed by atoms with Gasteiger partial charge in [0.15, 0.2) is 4.90 Å². The molecule has 0 amide bonds. The first-order valence-electron chi connectivity index (χ1n) is 4.79. The van der Waals surface area contributed by atoms with E-state index >= 15 is 0 Å². The summed E-state index contributed by atoms with van der Waals surface area (Å²) in [7, 11) is -4.00. The van der Waals surface area contributed by atoms with Crippen molar-refractivity contribution in [2.75, 3.05) is 0 Å². The molecule has 2 aromatic heterocycles. The van der Waals surface area contributed by atoms with Crippen LogP contribution >= 0.6 is 0 Å². The quantitative estimate of drug-likeness (QED) is 0.522. The predicted molar refractivity (Wildman–Crippen MR) is 60.3 cm³/mol. The average Bonchev–Trinajstić information content (AvgIpc) is 2.78. The van der Waals surface area contributed by atoms with E-state index in [1.54, 1.807) is 6.07 Å². The number of aromatic amines is 3. The van der Waals surface area contributed by atoms with Gasteiger partial charge in [-0.3, -0.25) is 14.9 Å². The molecule has 0 spiro atoms. The maximum atomic E-state index is 11.8. The Morgan fingerprint density at radius 1 is 1.33 bits per heavy atom. The van der Waals surface area contributed by atoms with Crippen molar-refractivity contribution < 1.29 is 8.42 Å². The van der Waals surface area contributed by atoms with Gasteiger partial charge in [-0.05, 0) is 6.07 Å². The number of sulfonamides is 1. The number of rotatable bonds is 4. The molecule has 0 atom stereocenters. The second kappa shape index (κ2) is 4.58. The molecule has 96 valence electrons. The number of hydrogen-bond acceptors (Lipinski definition) is 5. The highest BCUT2D eigenvalue weighted by Gasteiger charge is 2.18. The summed E-state index contributed by atoms with van der Waals surface area (Å²) >= 11 is 0. The minimum atomic E-state index is -4.00. The van der Waals surface area contributed by atoms with Gasteiger partial charge in [0.1, 0.15) is 0 Å². The second-order valence-electron chi connectivity index (χ2n) is 3.34. The van der Waals surface area contributed by atoms with Gasteiger partial charge in [0.05, 0.1) is 12.2 Å². The lowest BCUT2D eigenvalue weighted by atomic mass is 10.4. The summed E-state index contributed by atoms with van der Waals surface area (Å²) in [6.07, 6.45) is 2.31. The summed E-state index contributed by atoms with van der Waals surface area (Å²) in [6.45, 7) is -0.0408. The highest BCUT2D eigenvalue weighted by molar-refractivity contribution is 7.89. The van der Waals surface area contributed by atoms with Crippen molar-refractivity contribution in [3.63, 3.8) is 0 Å². The topological polar surface area (TPSA) is 141 Å². The zero-order valence-electron chi connectivity index (χ0n) is 8.93. The molecule has 18 heavy (non-hydrogen) atoms. The number of nitrogens with zero attached hydrogens (tertiary/aromatic N) is 1. The van der Waals surface area contributed by atoms with Crippen LogP contribution in [0.2, 0.25) is 0 Å². The molecule has 0 saturated heterocycles. The maximum absolute atomic E-state index is 11.8. The third-order valence-electron chi connectivity index (χ3n) is 2.09. The molecule has 0 saturated carbocycles. The first-order chi connectivity index (χ1) is 8.49. The van der Waals surface area contributed by atoms with Crippen molar-refractivity contribution in [3.8, 4) is 0 Å². The molecule has 10 heteroatoms. The lowest BCUT2D eigenvalue weighted by Gasteiger charge is -2.03. The van der Waals surface area contributed by atoms with E-state index in [9.17, 15) is 18.0 Å². The van der Waals surface area contributed by atoms with Crippen LogP contribution in [0.5, 0.6) is 0 Å². The Labute approximate surface area is 100 Å². The van der Waals surface area contributed by atoms with E-state index in [4.69, 9.17) is 0 Å². The average molecular weight is 271 g/mol. The molecule has 9 nitrogen and oxygen atoms in total. The minimum Gasteiger partial charge on any atom is -0.313 e. The Hall–Kier alpha value is -2.20. The predicted octanol–water partition coefficient (Wildman–Crippen LogP) is -1.74. The summed E-state index contributed by atoms with van der Waals surface area (Å²) in [5, 5.41) is 6.21. The van der Waals surface area contributed by atoms with Crippen LogP contribution in [0, 0.1) is 0 Å². The Kier molecular flexibility index (Phi) is 3.12. The van der Waals surface area contributed by atoms with Crippen molar-refractivity contribution in [1.82, 2.24) is 24.9 Å². The lowest BCUT2D eigenvalue weighted by Crippen LogP contribution is -2.32. The fraction of sp³-hybridized carbons (Fsp3) is 0.125. The molecule has 0 aliphatic rings. The fourth-order valence-corrected chi connectivity index (χ4v) is 2.24. The lowest BCUT2D eigenvalue weighted by molar-refractivity contribution is 0.578. The normalized spacial score (nSPS) is 11.6. The largest absolute Gasteiger partial charge is 0.325 e. The van der Waals surface area contributed by atoms with E-state index in [0.717, 1.165) is 6.20 Å². The van der Waals surface area contributed by atoms with Gasteiger partial charge in [0, 0.05) is 12.4 Å². The van der Waals surface area contributed by atoms with Gasteiger partial charge in [-0.1, -0.05) is 0 Å². The minimum absolute atomic E-state index is 0.0408. The summed E-state index contributed by atoms with van der Waals surface area (Å²) < 4.78 is 25.7. The van der Waals surface area contributed by atoms with Crippen LogP contribution < -0.4 is 16.0 Å². The van der Waals surface area contributed by atoms with Crippen LogP contribution in [-0.2, 0) is 16.6 Å². The fourth-order valence-electron chi connectivity index (χ4n) is 1.23. The van der Waals surface area contributed by atoms with Gasteiger partial charge in [-0.2, -0.15) is 5.10 Å². The molecule has 0 unspecified atom stereocenters. The number of H-pyrrole nitrogens is 3. The van der Waals surface area contributed by atoms with Crippen molar-refractivity contribution >= 4 is 10.0 Å². The van der Waals surface area contributed by atoms with Crippen molar-refractivity contribution in [1.29, 1.82) is 0 Å². The smallest absolute Gasteiger partial charge is 0.313 e. The molecule has 4 N–H and O–H groups in total. The number of nitrogens with one attached hydrogen (secondary N) is 4. The van der Waals surface area contributed by atoms with Crippen molar-refractivity contribution in [2.45, 2.75) is 11.4 Å². The number of hydrogen-bond donors (Lipinski definition) is 4. The molecule has 0 radical (unpaired) electrons. The first-order valence-corrected chi connectivity index (χ1v) is 6.27. The third kappa shape index (κ3) is 2.55. The van der Waals surface area contributed by atoms with Crippen LogP contribution in [-0.4, -0.2) is 28.6 Å². The Morgan fingerprint density at radius 2 is 2.11 bits per heavy atom. The molecule has 0 fully saturated rings.